The number of nitrogens with zero attached hydrogens (tertiary/aromatic N) is 3. The van der Waals surface area contributed by atoms with Crippen LogP contribution < -0.4 is 15.2 Å². The minimum atomic E-state index is 0.417. The predicted octanol–water partition coefficient (Wildman–Crippen LogP) is 2.10. The van der Waals surface area contributed by atoms with Crippen LogP contribution in [0, 0.1) is 0 Å². The Balaban J connectivity index is 1.91. The van der Waals surface area contributed by atoms with Crippen LogP contribution in [0.5, 0.6) is 11.6 Å². The van der Waals surface area contributed by atoms with E-state index in [1.165, 1.54) is 0 Å². The minimum absolute atomic E-state index is 0.417. The van der Waals surface area contributed by atoms with Crippen molar-refractivity contribution in [3.8, 4) is 11.6 Å². The zero-order valence-corrected chi connectivity index (χ0v) is 13.7. The van der Waals surface area contributed by atoms with Gasteiger partial charge in [0.15, 0.2) is 5.65 Å². The van der Waals surface area contributed by atoms with Crippen molar-refractivity contribution < 1.29 is 14.2 Å². The lowest BCUT2D eigenvalue weighted by atomic mass is 10.2. The van der Waals surface area contributed by atoms with Crippen LogP contribution >= 0.6 is 0 Å². The quantitative estimate of drug-likeness (QED) is 0.669. The van der Waals surface area contributed by atoms with Crippen LogP contribution in [0.4, 0.5) is 5.69 Å². The summed E-state index contributed by atoms with van der Waals surface area (Å²) in [5, 5.41) is 5.32. The molecule has 0 amide bonds. The number of aromatic nitrogens is 3. The van der Waals surface area contributed by atoms with E-state index in [9.17, 15) is 0 Å². The molecule has 1 aromatic carbocycles. The number of rotatable bonds is 7. The molecule has 24 heavy (non-hydrogen) atoms. The first-order valence-electron chi connectivity index (χ1n) is 7.58. The molecule has 0 aliphatic rings. The van der Waals surface area contributed by atoms with Gasteiger partial charge in [-0.15, -0.1) is 5.10 Å². The Morgan fingerprint density at radius 3 is 2.62 bits per heavy atom. The van der Waals surface area contributed by atoms with Gasteiger partial charge in [-0.05, 0) is 23.8 Å². The van der Waals surface area contributed by atoms with Crippen LogP contribution in [-0.4, -0.2) is 42.2 Å². The number of hydrogen-bond donors (Lipinski definition) is 1. The average Bonchev–Trinajstić information content (AvgIpc) is 2.93. The second-order valence-corrected chi connectivity index (χ2v) is 5.29. The molecular formula is C17H20N4O3. The highest BCUT2D eigenvalue weighted by Crippen LogP contribution is 2.26. The number of ether oxygens (including phenoxy) is 3. The van der Waals surface area contributed by atoms with Crippen LogP contribution in [0.25, 0.3) is 11.0 Å². The van der Waals surface area contributed by atoms with Gasteiger partial charge in [0.2, 0.25) is 5.88 Å². The van der Waals surface area contributed by atoms with E-state index >= 15 is 0 Å². The molecule has 0 saturated carbocycles. The van der Waals surface area contributed by atoms with Crippen LogP contribution in [0.2, 0.25) is 0 Å². The van der Waals surface area contributed by atoms with Gasteiger partial charge in [-0.2, -0.15) is 0 Å². The molecule has 3 rings (SSSR count). The minimum Gasteiger partial charge on any atom is -0.497 e. The summed E-state index contributed by atoms with van der Waals surface area (Å²) in [6, 6.07) is 9.65. The standard InChI is InChI=1S/C17H20N4O3/c1-22-7-8-24-17-15-9-13(18)10-19-16(15)21(20-17)11-12-3-5-14(23-2)6-4-12/h3-6,9-10H,7-8,11,18H2,1-2H3. The molecule has 0 atom stereocenters. The van der Waals surface area contributed by atoms with Crippen molar-refractivity contribution in [3.05, 3.63) is 42.1 Å². The first kappa shape index (κ1) is 16.1. The first-order valence-corrected chi connectivity index (χ1v) is 7.58. The van der Waals surface area contributed by atoms with Gasteiger partial charge in [-0.1, -0.05) is 12.1 Å². The van der Waals surface area contributed by atoms with E-state index in [-0.39, 0.29) is 0 Å². The molecule has 0 spiro atoms. The van der Waals surface area contributed by atoms with Crippen molar-refractivity contribution in [2.45, 2.75) is 6.54 Å². The van der Waals surface area contributed by atoms with E-state index in [0.29, 0.717) is 31.3 Å². The molecule has 7 nitrogen and oxygen atoms in total. The summed E-state index contributed by atoms with van der Waals surface area (Å²) in [5.41, 5.74) is 8.23. The Kier molecular flexibility index (Phi) is 4.81. The summed E-state index contributed by atoms with van der Waals surface area (Å²) < 4.78 is 17.7. The summed E-state index contributed by atoms with van der Waals surface area (Å²) >= 11 is 0. The maximum atomic E-state index is 5.85. The van der Waals surface area contributed by atoms with Gasteiger partial charge in [0.25, 0.3) is 0 Å². The number of nitrogens with two attached hydrogens (primary N) is 1. The second kappa shape index (κ2) is 7.18. The molecule has 0 fully saturated rings. The van der Waals surface area contributed by atoms with Gasteiger partial charge in [0.1, 0.15) is 12.4 Å². The Morgan fingerprint density at radius 2 is 1.92 bits per heavy atom. The Hall–Kier alpha value is -2.80. The molecule has 3 aromatic rings. The van der Waals surface area contributed by atoms with Crippen molar-refractivity contribution in [1.29, 1.82) is 0 Å². The molecule has 0 bridgehead atoms. The van der Waals surface area contributed by atoms with E-state index < -0.39 is 0 Å². The van der Waals surface area contributed by atoms with Crippen molar-refractivity contribution in [2.24, 2.45) is 0 Å². The highest BCUT2D eigenvalue weighted by atomic mass is 16.5. The number of anilines is 1. The van der Waals surface area contributed by atoms with Crippen LogP contribution in [-0.2, 0) is 11.3 Å². The molecule has 2 heterocycles. The maximum absolute atomic E-state index is 5.85. The monoisotopic (exact) mass is 328 g/mol. The molecule has 0 saturated heterocycles. The van der Waals surface area contributed by atoms with Gasteiger partial charge < -0.3 is 19.9 Å². The van der Waals surface area contributed by atoms with E-state index in [1.807, 2.05) is 30.3 Å². The van der Waals surface area contributed by atoms with Crippen molar-refractivity contribution in [3.63, 3.8) is 0 Å². The fourth-order valence-corrected chi connectivity index (χ4v) is 2.39. The third-order valence-electron chi connectivity index (χ3n) is 3.59. The third kappa shape index (κ3) is 3.41. The number of hydrogen-bond acceptors (Lipinski definition) is 6. The van der Waals surface area contributed by atoms with Crippen LogP contribution in [0.15, 0.2) is 36.5 Å². The predicted molar refractivity (Wildman–Crippen MR) is 91.4 cm³/mol. The lowest BCUT2D eigenvalue weighted by Crippen LogP contribution is -2.06. The van der Waals surface area contributed by atoms with Crippen LogP contribution in [0.3, 0.4) is 0 Å². The molecule has 0 unspecified atom stereocenters. The second-order valence-electron chi connectivity index (χ2n) is 5.29. The number of fused-ring (bicyclic) bond motifs is 1. The molecule has 126 valence electrons. The zero-order valence-electron chi connectivity index (χ0n) is 13.7. The fraction of sp³-hybridized carbons (Fsp3) is 0.294. The molecule has 2 N–H and O–H groups in total. The SMILES string of the molecule is COCCOc1nn(Cc2ccc(OC)cc2)c2ncc(N)cc12. The summed E-state index contributed by atoms with van der Waals surface area (Å²) in [5.74, 6) is 1.33. The van der Waals surface area contributed by atoms with Gasteiger partial charge in [-0.3, -0.25) is 0 Å². The largest absolute Gasteiger partial charge is 0.497 e. The summed E-state index contributed by atoms with van der Waals surface area (Å²) in [6.45, 7) is 1.48. The van der Waals surface area contributed by atoms with Crippen LogP contribution in [0.1, 0.15) is 5.56 Å². The molecule has 0 aliphatic carbocycles. The smallest absolute Gasteiger partial charge is 0.242 e. The average molecular weight is 328 g/mol. The van der Waals surface area contributed by atoms with Gasteiger partial charge in [0, 0.05) is 7.11 Å². The highest BCUT2D eigenvalue weighted by Gasteiger charge is 2.14. The lowest BCUT2D eigenvalue weighted by Gasteiger charge is -2.05. The van der Waals surface area contributed by atoms with E-state index in [0.717, 1.165) is 22.3 Å². The number of methoxy groups -OCH3 is 2. The highest BCUT2D eigenvalue weighted by molar-refractivity contribution is 5.83. The first-order chi connectivity index (χ1) is 11.7. The number of nitrogen functional groups attached to an aromatic ring is 1. The van der Waals surface area contributed by atoms with Crippen molar-refractivity contribution in [2.75, 3.05) is 33.2 Å². The lowest BCUT2D eigenvalue weighted by molar-refractivity contribution is 0.144. The topological polar surface area (TPSA) is 84.4 Å². The van der Waals surface area contributed by atoms with Gasteiger partial charge in [0.05, 0.1) is 37.5 Å². The summed E-state index contributed by atoms with van der Waals surface area (Å²) in [6.07, 6.45) is 1.62. The normalized spacial score (nSPS) is 10.9. The van der Waals surface area contributed by atoms with E-state index in [4.69, 9.17) is 19.9 Å². The molecule has 2 aromatic heterocycles. The Bertz CT molecular complexity index is 815. The van der Waals surface area contributed by atoms with Crippen molar-refractivity contribution >= 4 is 16.7 Å². The number of pyridine rings is 1. The van der Waals surface area contributed by atoms with Gasteiger partial charge in [-0.25, -0.2) is 9.67 Å². The Labute approximate surface area is 140 Å². The maximum Gasteiger partial charge on any atom is 0.242 e. The molecule has 7 heteroatoms. The molecule has 0 radical (unpaired) electrons. The van der Waals surface area contributed by atoms with Gasteiger partial charge >= 0.3 is 0 Å². The Morgan fingerprint density at radius 1 is 1.12 bits per heavy atom. The van der Waals surface area contributed by atoms with E-state index in [2.05, 4.69) is 10.1 Å². The molecule has 0 aliphatic heterocycles. The zero-order chi connectivity index (χ0) is 16.9. The third-order valence-corrected chi connectivity index (χ3v) is 3.59. The number of benzene rings is 1. The van der Waals surface area contributed by atoms with Crippen molar-refractivity contribution in [1.82, 2.24) is 14.8 Å². The summed E-state index contributed by atoms with van der Waals surface area (Å²) in [4.78, 5) is 4.40. The molecular weight excluding hydrogens is 308 g/mol. The summed E-state index contributed by atoms with van der Waals surface area (Å²) in [7, 11) is 3.28. The fourth-order valence-electron chi connectivity index (χ4n) is 2.39. The van der Waals surface area contributed by atoms with E-state index in [1.54, 1.807) is 25.1 Å².